The van der Waals surface area contributed by atoms with Crippen LogP contribution in [0.15, 0.2) is 30.3 Å². The van der Waals surface area contributed by atoms with Gasteiger partial charge in [-0.25, -0.2) is 4.79 Å². The number of carboxylic acids is 1. The van der Waals surface area contributed by atoms with Crippen LogP contribution in [0.3, 0.4) is 0 Å². The fourth-order valence-corrected chi connectivity index (χ4v) is 2.75. The number of nitrogens with one attached hydrogen (secondary N) is 1. The van der Waals surface area contributed by atoms with Gasteiger partial charge in [0.05, 0.1) is 12.0 Å². The van der Waals surface area contributed by atoms with E-state index < -0.39 is 17.5 Å². The molecule has 1 heterocycles. The van der Waals surface area contributed by atoms with E-state index >= 15 is 0 Å². The van der Waals surface area contributed by atoms with Crippen molar-refractivity contribution in [1.29, 1.82) is 0 Å². The smallest absolute Gasteiger partial charge is 0.334 e. The molecule has 1 aromatic carbocycles. The second kappa shape index (κ2) is 7.38. The predicted molar refractivity (Wildman–Crippen MR) is 79.6 cm³/mol. The van der Waals surface area contributed by atoms with E-state index in [9.17, 15) is 9.59 Å². The Balaban J connectivity index is 2.16. The van der Waals surface area contributed by atoms with E-state index in [0.29, 0.717) is 26.1 Å². The molecule has 1 aromatic rings. The fourth-order valence-electron chi connectivity index (χ4n) is 2.75. The van der Waals surface area contributed by atoms with Crippen molar-refractivity contribution in [1.82, 2.24) is 5.32 Å². The summed E-state index contributed by atoms with van der Waals surface area (Å²) in [6.45, 7) is 0.962. The number of hydrogen-bond donors (Lipinski definition) is 2. The van der Waals surface area contributed by atoms with Crippen LogP contribution in [0.25, 0.3) is 0 Å². The maximum absolute atomic E-state index is 12.7. The van der Waals surface area contributed by atoms with Crippen LogP contribution in [0.1, 0.15) is 18.4 Å². The Kier molecular flexibility index (Phi) is 5.51. The molecule has 6 heteroatoms. The normalized spacial score (nSPS) is 18.4. The standard InChI is InChI=1S/C16H21NO5/c1-21-13(14(18)19)11-17-15(20)16(7-9-22-10-8-16)12-5-3-2-4-6-12/h2-6,13H,7-11H2,1H3,(H,17,20)(H,18,19). The van der Waals surface area contributed by atoms with E-state index in [1.165, 1.54) is 7.11 Å². The van der Waals surface area contributed by atoms with Gasteiger partial charge < -0.3 is 19.9 Å². The number of rotatable bonds is 6. The number of hydrogen-bond acceptors (Lipinski definition) is 4. The van der Waals surface area contributed by atoms with Gasteiger partial charge in [-0.3, -0.25) is 4.79 Å². The number of aliphatic carboxylic acids is 1. The average Bonchev–Trinajstić information content (AvgIpc) is 2.56. The molecule has 1 aliphatic rings. The third-order valence-corrected chi connectivity index (χ3v) is 4.12. The van der Waals surface area contributed by atoms with Gasteiger partial charge >= 0.3 is 5.97 Å². The summed E-state index contributed by atoms with van der Waals surface area (Å²) < 4.78 is 10.2. The summed E-state index contributed by atoms with van der Waals surface area (Å²) in [5.74, 6) is -1.27. The molecule has 6 nitrogen and oxygen atoms in total. The quantitative estimate of drug-likeness (QED) is 0.817. The molecule has 1 unspecified atom stereocenters. The molecule has 1 saturated heterocycles. The monoisotopic (exact) mass is 307 g/mol. The third-order valence-electron chi connectivity index (χ3n) is 4.12. The zero-order valence-corrected chi connectivity index (χ0v) is 12.6. The molecule has 1 amide bonds. The van der Waals surface area contributed by atoms with Crippen molar-refractivity contribution in [3.63, 3.8) is 0 Å². The minimum Gasteiger partial charge on any atom is -0.479 e. The van der Waals surface area contributed by atoms with Gasteiger partial charge in [-0.2, -0.15) is 0 Å². The summed E-state index contributed by atoms with van der Waals surface area (Å²) in [5.41, 5.74) is 0.260. The Hall–Kier alpha value is -1.92. The summed E-state index contributed by atoms with van der Waals surface area (Å²) in [6, 6.07) is 9.55. The highest BCUT2D eigenvalue weighted by Gasteiger charge is 2.41. The molecule has 1 aliphatic heterocycles. The van der Waals surface area contributed by atoms with Crippen LogP contribution in [-0.4, -0.2) is 50.0 Å². The van der Waals surface area contributed by atoms with Crippen LogP contribution in [0, 0.1) is 0 Å². The molecule has 2 rings (SSSR count). The maximum Gasteiger partial charge on any atom is 0.334 e. The first-order chi connectivity index (χ1) is 10.6. The van der Waals surface area contributed by atoms with Crippen molar-refractivity contribution in [2.24, 2.45) is 0 Å². The van der Waals surface area contributed by atoms with E-state index in [4.69, 9.17) is 14.6 Å². The van der Waals surface area contributed by atoms with Gasteiger partial charge in [0, 0.05) is 20.3 Å². The van der Waals surface area contributed by atoms with Crippen molar-refractivity contribution in [2.45, 2.75) is 24.4 Å². The van der Waals surface area contributed by atoms with E-state index in [1.807, 2.05) is 30.3 Å². The predicted octanol–water partition coefficient (Wildman–Crippen LogP) is 0.951. The zero-order chi connectivity index (χ0) is 16.0. The average molecular weight is 307 g/mol. The minimum atomic E-state index is -1.09. The number of amides is 1. The first kappa shape index (κ1) is 16.5. The van der Waals surface area contributed by atoms with E-state index in [-0.39, 0.29) is 12.5 Å². The minimum absolute atomic E-state index is 0.0554. The molecular formula is C16H21NO5. The Morgan fingerprint density at radius 1 is 1.32 bits per heavy atom. The number of methoxy groups -OCH3 is 1. The molecule has 0 bridgehead atoms. The summed E-state index contributed by atoms with van der Waals surface area (Å²) in [7, 11) is 1.31. The Bertz CT molecular complexity index is 511. The highest BCUT2D eigenvalue weighted by molar-refractivity contribution is 5.89. The summed E-state index contributed by atoms with van der Waals surface area (Å²) in [4.78, 5) is 23.7. The SMILES string of the molecule is COC(CNC(=O)C1(c2ccccc2)CCOCC1)C(=O)O. The molecule has 120 valence electrons. The van der Waals surface area contributed by atoms with E-state index in [2.05, 4.69) is 5.32 Å². The molecular weight excluding hydrogens is 286 g/mol. The van der Waals surface area contributed by atoms with Crippen molar-refractivity contribution >= 4 is 11.9 Å². The summed E-state index contributed by atoms with van der Waals surface area (Å²) in [6.07, 6.45) is 0.109. The summed E-state index contributed by atoms with van der Waals surface area (Å²) in [5, 5.41) is 11.7. The number of ether oxygens (including phenoxy) is 2. The van der Waals surface area contributed by atoms with Crippen molar-refractivity contribution in [3.8, 4) is 0 Å². The lowest BCUT2D eigenvalue weighted by atomic mass is 9.73. The Morgan fingerprint density at radius 2 is 1.95 bits per heavy atom. The molecule has 0 saturated carbocycles. The molecule has 2 N–H and O–H groups in total. The van der Waals surface area contributed by atoms with Gasteiger partial charge in [-0.15, -0.1) is 0 Å². The molecule has 1 fully saturated rings. The Labute approximate surface area is 129 Å². The third kappa shape index (κ3) is 3.45. The van der Waals surface area contributed by atoms with Gasteiger partial charge in [0.1, 0.15) is 0 Å². The first-order valence-electron chi connectivity index (χ1n) is 7.27. The first-order valence-corrected chi connectivity index (χ1v) is 7.27. The zero-order valence-electron chi connectivity index (χ0n) is 12.6. The van der Waals surface area contributed by atoms with Gasteiger partial charge in [0.2, 0.25) is 5.91 Å². The second-order valence-electron chi connectivity index (χ2n) is 5.33. The van der Waals surface area contributed by atoms with E-state index in [0.717, 1.165) is 5.56 Å². The van der Waals surface area contributed by atoms with Crippen molar-refractivity contribution in [2.75, 3.05) is 26.9 Å². The lowest BCUT2D eigenvalue weighted by molar-refractivity contribution is -0.148. The summed E-state index contributed by atoms with van der Waals surface area (Å²) >= 11 is 0. The topological polar surface area (TPSA) is 84.9 Å². The number of carboxylic acid groups (broad SMARTS) is 1. The molecule has 0 spiro atoms. The Morgan fingerprint density at radius 3 is 2.50 bits per heavy atom. The number of benzene rings is 1. The molecule has 1 atom stereocenters. The lowest BCUT2D eigenvalue weighted by Gasteiger charge is -2.36. The number of carbonyl (C=O) groups excluding carboxylic acids is 1. The van der Waals surface area contributed by atoms with Crippen LogP contribution >= 0.6 is 0 Å². The molecule has 0 radical (unpaired) electrons. The molecule has 22 heavy (non-hydrogen) atoms. The largest absolute Gasteiger partial charge is 0.479 e. The maximum atomic E-state index is 12.7. The van der Waals surface area contributed by atoms with Crippen LogP contribution in [0.2, 0.25) is 0 Å². The lowest BCUT2D eigenvalue weighted by Crippen LogP contribution is -2.50. The van der Waals surface area contributed by atoms with Gasteiger partial charge in [-0.1, -0.05) is 30.3 Å². The highest BCUT2D eigenvalue weighted by Crippen LogP contribution is 2.35. The highest BCUT2D eigenvalue weighted by atomic mass is 16.5. The van der Waals surface area contributed by atoms with Crippen LogP contribution in [-0.2, 0) is 24.5 Å². The van der Waals surface area contributed by atoms with E-state index in [1.54, 1.807) is 0 Å². The molecule has 0 aromatic heterocycles. The number of carbonyl (C=O) groups is 2. The van der Waals surface area contributed by atoms with Gasteiger partial charge in [-0.05, 0) is 18.4 Å². The van der Waals surface area contributed by atoms with Crippen LogP contribution < -0.4 is 5.32 Å². The van der Waals surface area contributed by atoms with Crippen LogP contribution in [0.5, 0.6) is 0 Å². The van der Waals surface area contributed by atoms with Crippen molar-refractivity contribution < 1.29 is 24.2 Å². The van der Waals surface area contributed by atoms with Gasteiger partial charge in [0.15, 0.2) is 6.10 Å². The van der Waals surface area contributed by atoms with Gasteiger partial charge in [0.25, 0.3) is 0 Å². The fraction of sp³-hybridized carbons (Fsp3) is 0.500. The van der Waals surface area contributed by atoms with Crippen molar-refractivity contribution in [3.05, 3.63) is 35.9 Å². The molecule has 0 aliphatic carbocycles. The second-order valence-corrected chi connectivity index (χ2v) is 5.33. The van der Waals surface area contributed by atoms with Crippen LogP contribution in [0.4, 0.5) is 0 Å².